The predicted octanol–water partition coefficient (Wildman–Crippen LogP) is 5.12. The first-order valence-corrected chi connectivity index (χ1v) is 9.33. The van der Waals surface area contributed by atoms with E-state index in [4.69, 9.17) is 4.74 Å². The molecule has 4 nitrogen and oxygen atoms in total. The van der Waals surface area contributed by atoms with Crippen molar-refractivity contribution in [1.82, 2.24) is 4.57 Å². The van der Waals surface area contributed by atoms with Crippen molar-refractivity contribution >= 4 is 11.6 Å². The van der Waals surface area contributed by atoms with E-state index in [0.717, 1.165) is 29.0 Å². The van der Waals surface area contributed by atoms with Crippen molar-refractivity contribution in [2.45, 2.75) is 33.7 Å². The van der Waals surface area contributed by atoms with Gasteiger partial charge in [0, 0.05) is 17.9 Å². The second-order valence-electron chi connectivity index (χ2n) is 6.79. The maximum Gasteiger partial charge on any atom is 0.272 e. The van der Waals surface area contributed by atoms with E-state index in [2.05, 4.69) is 12.2 Å². The number of hydrogen-bond donors (Lipinski definition) is 1. The molecule has 2 aromatic carbocycles. The predicted molar refractivity (Wildman–Crippen MR) is 110 cm³/mol. The van der Waals surface area contributed by atoms with Crippen LogP contribution in [0.2, 0.25) is 0 Å². The highest BCUT2D eigenvalue weighted by molar-refractivity contribution is 6.04. The molecule has 0 atom stereocenters. The van der Waals surface area contributed by atoms with Crippen molar-refractivity contribution < 1.29 is 13.9 Å². The molecule has 1 aromatic heterocycles. The van der Waals surface area contributed by atoms with Gasteiger partial charge in [-0.05, 0) is 73.4 Å². The molecule has 1 N–H and O–H groups in total. The van der Waals surface area contributed by atoms with E-state index in [-0.39, 0.29) is 11.7 Å². The number of rotatable bonds is 6. The van der Waals surface area contributed by atoms with E-state index in [1.807, 2.05) is 42.7 Å². The number of methoxy groups -OCH3 is 1. The average Bonchev–Trinajstić information content (AvgIpc) is 2.93. The SMILES string of the molecule is CCc1c(C)c(C(=O)Nc2ccc(F)cc2)n(Cc2cccc(OC)c2)c1C. The van der Waals surface area contributed by atoms with E-state index < -0.39 is 0 Å². The van der Waals surface area contributed by atoms with Crippen molar-refractivity contribution in [1.29, 1.82) is 0 Å². The minimum atomic E-state index is -0.334. The molecule has 0 unspecified atom stereocenters. The summed E-state index contributed by atoms with van der Waals surface area (Å²) in [6.45, 7) is 6.68. The number of carbonyl (C=O) groups is 1. The zero-order chi connectivity index (χ0) is 20.3. The zero-order valence-electron chi connectivity index (χ0n) is 16.7. The molecule has 0 spiro atoms. The molecule has 0 aliphatic heterocycles. The van der Waals surface area contributed by atoms with E-state index in [1.165, 1.54) is 17.7 Å². The lowest BCUT2D eigenvalue weighted by molar-refractivity contribution is 0.101. The van der Waals surface area contributed by atoms with Gasteiger partial charge < -0.3 is 14.6 Å². The highest BCUT2D eigenvalue weighted by Gasteiger charge is 2.22. The molecule has 0 fully saturated rings. The van der Waals surface area contributed by atoms with Gasteiger partial charge in [-0.15, -0.1) is 0 Å². The van der Waals surface area contributed by atoms with Crippen LogP contribution in [0.1, 0.15) is 39.8 Å². The number of hydrogen-bond acceptors (Lipinski definition) is 2. The van der Waals surface area contributed by atoms with E-state index >= 15 is 0 Å². The smallest absolute Gasteiger partial charge is 0.272 e. The summed E-state index contributed by atoms with van der Waals surface area (Å²) in [6.07, 6.45) is 0.847. The number of aromatic nitrogens is 1. The number of nitrogens with zero attached hydrogens (tertiary/aromatic N) is 1. The molecule has 0 saturated carbocycles. The normalized spacial score (nSPS) is 10.8. The van der Waals surface area contributed by atoms with Gasteiger partial charge in [0.05, 0.1) is 7.11 Å². The van der Waals surface area contributed by atoms with Gasteiger partial charge in [-0.25, -0.2) is 4.39 Å². The molecule has 0 bridgehead atoms. The van der Waals surface area contributed by atoms with Gasteiger partial charge in [-0.3, -0.25) is 4.79 Å². The van der Waals surface area contributed by atoms with Gasteiger partial charge in [0.2, 0.25) is 0 Å². The maximum atomic E-state index is 13.2. The van der Waals surface area contributed by atoms with Crippen LogP contribution in [0.5, 0.6) is 5.75 Å². The number of nitrogens with one attached hydrogen (secondary N) is 1. The molecule has 28 heavy (non-hydrogen) atoms. The Bertz CT molecular complexity index is 991. The highest BCUT2D eigenvalue weighted by Crippen LogP contribution is 2.26. The summed E-state index contributed by atoms with van der Waals surface area (Å²) in [7, 11) is 1.64. The van der Waals surface area contributed by atoms with Gasteiger partial charge in [0.1, 0.15) is 17.3 Å². The average molecular weight is 380 g/mol. The summed E-state index contributed by atoms with van der Waals surface area (Å²) in [5.41, 5.74) is 5.47. The number of amides is 1. The topological polar surface area (TPSA) is 43.3 Å². The first-order valence-electron chi connectivity index (χ1n) is 9.33. The number of anilines is 1. The Morgan fingerprint density at radius 2 is 1.86 bits per heavy atom. The number of ether oxygens (including phenoxy) is 1. The Morgan fingerprint density at radius 3 is 2.50 bits per heavy atom. The summed E-state index contributed by atoms with van der Waals surface area (Å²) < 4.78 is 20.5. The summed E-state index contributed by atoms with van der Waals surface area (Å²) in [5.74, 6) is 0.251. The Kier molecular flexibility index (Phi) is 5.83. The fourth-order valence-corrected chi connectivity index (χ4v) is 3.64. The quantitative estimate of drug-likeness (QED) is 0.645. The van der Waals surface area contributed by atoms with Gasteiger partial charge >= 0.3 is 0 Å². The van der Waals surface area contributed by atoms with Crippen LogP contribution in [0.25, 0.3) is 0 Å². The van der Waals surface area contributed by atoms with Crippen LogP contribution in [0.4, 0.5) is 10.1 Å². The molecule has 1 heterocycles. The third kappa shape index (κ3) is 3.93. The Labute approximate surface area is 165 Å². The summed E-state index contributed by atoms with van der Waals surface area (Å²) >= 11 is 0. The first kappa shape index (κ1) is 19.7. The number of benzene rings is 2. The largest absolute Gasteiger partial charge is 0.497 e. The molecule has 5 heteroatoms. The standard InChI is InChI=1S/C23H25FN2O2/c1-5-21-15(2)22(23(27)25-19-11-9-18(24)10-12-19)26(16(21)3)14-17-7-6-8-20(13-17)28-4/h6-13H,5,14H2,1-4H3,(H,25,27). The van der Waals surface area contributed by atoms with Gasteiger partial charge in [0.25, 0.3) is 5.91 Å². The fourth-order valence-electron chi connectivity index (χ4n) is 3.64. The Hall–Kier alpha value is -3.08. The van der Waals surface area contributed by atoms with E-state index in [1.54, 1.807) is 19.2 Å². The van der Waals surface area contributed by atoms with Crippen molar-refractivity contribution in [3.8, 4) is 5.75 Å². The lowest BCUT2D eigenvalue weighted by Crippen LogP contribution is -2.19. The molecule has 3 rings (SSSR count). The monoisotopic (exact) mass is 380 g/mol. The van der Waals surface area contributed by atoms with Gasteiger partial charge in [-0.2, -0.15) is 0 Å². The van der Waals surface area contributed by atoms with Crippen molar-refractivity contribution in [2.24, 2.45) is 0 Å². The second kappa shape index (κ2) is 8.30. The minimum Gasteiger partial charge on any atom is -0.497 e. The van der Waals surface area contributed by atoms with Gasteiger partial charge in [-0.1, -0.05) is 19.1 Å². The third-order valence-corrected chi connectivity index (χ3v) is 5.06. The van der Waals surface area contributed by atoms with Crippen molar-refractivity contribution in [3.63, 3.8) is 0 Å². The van der Waals surface area contributed by atoms with Gasteiger partial charge in [0.15, 0.2) is 0 Å². The summed E-state index contributed by atoms with van der Waals surface area (Å²) in [6, 6.07) is 13.6. The minimum absolute atomic E-state index is 0.199. The molecular weight excluding hydrogens is 355 g/mol. The van der Waals surface area contributed by atoms with Crippen LogP contribution in [-0.4, -0.2) is 17.6 Å². The maximum absolute atomic E-state index is 13.2. The van der Waals surface area contributed by atoms with E-state index in [9.17, 15) is 9.18 Å². The van der Waals surface area contributed by atoms with Crippen LogP contribution in [0, 0.1) is 19.7 Å². The van der Waals surface area contributed by atoms with Crippen LogP contribution >= 0.6 is 0 Å². The Morgan fingerprint density at radius 1 is 1.14 bits per heavy atom. The summed E-state index contributed by atoms with van der Waals surface area (Å²) in [4.78, 5) is 13.1. The van der Waals surface area contributed by atoms with Crippen LogP contribution < -0.4 is 10.1 Å². The first-order chi connectivity index (χ1) is 13.4. The third-order valence-electron chi connectivity index (χ3n) is 5.06. The van der Waals surface area contributed by atoms with Crippen LogP contribution in [0.15, 0.2) is 48.5 Å². The lowest BCUT2D eigenvalue weighted by atomic mass is 10.1. The molecule has 0 saturated heterocycles. The van der Waals surface area contributed by atoms with E-state index in [0.29, 0.717) is 17.9 Å². The second-order valence-corrected chi connectivity index (χ2v) is 6.79. The molecule has 146 valence electrons. The molecule has 1 amide bonds. The van der Waals surface area contributed by atoms with Crippen LogP contribution in [-0.2, 0) is 13.0 Å². The molecule has 0 aliphatic rings. The fraction of sp³-hybridized carbons (Fsp3) is 0.261. The lowest BCUT2D eigenvalue weighted by Gasteiger charge is -2.14. The zero-order valence-corrected chi connectivity index (χ0v) is 16.7. The number of carbonyl (C=O) groups excluding carboxylic acids is 1. The molecule has 0 radical (unpaired) electrons. The number of halogens is 1. The Balaban J connectivity index is 1.99. The molecule has 3 aromatic rings. The van der Waals surface area contributed by atoms with Crippen molar-refractivity contribution in [3.05, 3.63) is 82.4 Å². The van der Waals surface area contributed by atoms with Crippen molar-refractivity contribution in [2.75, 3.05) is 12.4 Å². The van der Waals surface area contributed by atoms with Crippen LogP contribution in [0.3, 0.4) is 0 Å². The molecule has 0 aliphatic carbocycles. The molecular formula is C23H25FN2O2. The highest BCUT2D eigenvalue weighted by atomic mass is 19.1. The summed E-state index contributed by atoms with van der Waals surface area (Å²) in [5, 5.41) is 2.89.